The van der Waals surface area contributed by atoms with Crippen molar-refractivity contribution >= 4 is 11.7 Å². The van der Waals surface area contributed by atoms with Gasteiger partial charge >= 0.3 is 0 Å². The quantitative estimate of drug-likeness (QED) is 0.796. The first-order chi connectivity index (χ1) is 8.06. The number of hydrogen-bond acceptors (Lipinski definition) is 4. The maximum Gasteiger partial charge on any atom is 0.251 e. The van der Waals surface area contributed by atoms with Gasteiger partial charge in [-0.1, -0.05) is 0 Å². The van der Waals surface area contributed by atoms with Gasteiger partial charge in [0.05, 0.1) is 6.10 Å². The average molecular weight is 235 g/mol. The summed E-state index contributed by atoms with van der Waals surface area (Å²) >= 11 is 0. The van der Waals surface area contributed by atoms with Crippen molar-refractivity contribution in [2.75, 3.05) is 19.0 Å². The van der Waals surface area contributed by atoms with Crippen molar-refractivity contribution in [3.8, 4) is 0 Å². The van der Waals surface area contributed by atoms with Crippen molar-refractivity contribution in [1.82, 2.24) is 10.3 Å². The first-order valence-electron chi connectivity index (χ1n) is 5.68. The van der Waals surface area contributed by atoms with Crippen molar-refractivity contribution in [3.63, 3.8) is 0 Å². The molecule has 1 saturated carbocycles. The normalized spacial score (nSPS) is 22.8. The van der Waals surface area contributed by atoms with E-state index in [1.165, 1.54) is 0 Å². The maximum atomic E-state index is 11.9. The number of carbonyl (C=O) groups excluding carboxylic acids is 1. The van der Waals surface area contributed by atoms with E-state index in [2.05, 4.69) is 10.3 Å². The number of hydrogen-bond donors (Lipinski definition) is 2. The lowest BCUT2D eigenvalue weighted by atomic mass is 9.89. The summed E-state index contributed by atoms with van der Waals surface area (Å²) in [6.07, 6.45) is 2.67. The van der Waals surface area contributed by atoms with Crippen LogP contribution in [0.4, 0.5) is 5.82 Å². The van der Waals surface area contributed by atoms with Crippen LogP contribution in [0.15, 0.2) is 18.3 Å². The zero-order chi connectivity index (χ0) is 12.4. The summed E-state index contributed by atoms with van der Waals surface area (Å²) in [6, 6.07) is 3.55. The number of anilines is 1. The third-order valence-corrected chi connectivity index (χ3v) is 2.91. The van der Waals surface area contributed by atoms with Gasteiger partial charge in [-0.15, -0.1) is 0 Å². The predicted octanol–water partition coefficient (Wildman–Crippen LogP) is 0.401. The summed E-state index contributed by atoms with van der Waals surface area (Å²) in [6.45, 7) is 0. The van der Waals surface area contributed by atoms with Crippen LogP contribution >= 0.6 is 0 Å². The molecule has 1 fully saturated rings. The molecule has 1 amide bonds. The van der Waals surface area contributed by atoms with Gasteiger partial charge in [0, 0.05) is 31.9 Å². The highest BCUT2D eigenvalue weighted by Gasteiger charge is 2.28. The Morgan fingerprint density at radius 2 is 2.24 bits per heavy atom. The van der Waals surface area contributed by atoms with E-state index in [0.717, 1.165) is 5.82 Å². The first-order valence-corrected chi connectivity index (χ1v) is 5.68. The first kappa shape index (κ1) is 11.9. The molecule has 92 valence electrons. The summed E-state index contributed by atoms with van der Waals surface area (Å²) in [5.74, 6) is 0.652. The fourth-order valence-corrected chi connectivity index (χ4v) is 1.78. The third kappa shape index (κ3) is 2.74. The van der Waals surface area contributed by atoms with Crippen LogP contribution in [0.3, 0.4) is 0 Å². The monoisotopic (exact) mass is 235 g/mol. The number of nitrogens with zero attached hydrogens (tertiary/aromatic N) is 2. The van der Waals surface area contributed by atoms with Gasteiger partial charge in [-0.25, -0.2) is 4.98 Å². The van der Waals surface area contributed by atoms with Gasteiger partial charge in [0.2, 0.25) is 0 Å². The van der Waals surface area contributed by atoms with E-state index in [1.807, 2.05) is 19.0 Å². The zero-order valence-corrected chi connectivity index (χ0v) is 10.1. The molecule has 0 spiro atoms. The van der Waals surface area contributed by atoms with Crippen LogP contribution in [0.5, 0.6) is 0 Å². The summed E-state index contributed by atoms with van der Waals surface area (Å²) in [4.78, 5) is 17.9. The summed E-state index contributed by atoms with van der Waals surface area (Å²) in [7, 11) is 3.76. The smallest absolute Gasteiger partial charge is 0.251 e. The van der Waals surface area contributed by atoms with E-state index in [0.29, 0.717) is 18.4 Å². The topological polar surface area (TPSA) is 65.5 Å². The molecule has 0 saturated heterocycles. The number of carbonyl (C=O) groups is 1. The van der Waals surface area contributed by atoms with Crippen LogP contribution < -0.4 is 10.2 Å². The molecule has 0 atom stereocenters. The van der Waals surface area contributed by atoms with Crippen LogP contribution in [0.1, 0.15) is 23.2 Å². The van der Waals surface area contributed by atoms with Gasteiger partial charge < -0.3 is 15.3 Å². The SMILES string of the molecule is CN(C)c1cc(C(=O)NC2CC(O)C2)ccn1. The Morgan fingerprint density at radius 3 is 2.82 bits per heavy atom. The van der Waals surface area contributed by atoms with Crippen molar-refractivity contribution in [1.29, 1.82) is 0 Å². The zero-order valence-electron chi connectivity index (χ0n) is 10.1. The summed E-state index contributed by atoms with van der Waals surface area (Å²) < 4.78 is 0. The number of aliphatic hydroxyl groups excluding tert-OH is 1. The van der Waals surface area contributed by atoms with Crippen LogP contribution in [0, 0.1) is 0 Å². The molecule has 1 aliphatic carbocycles. The van der Waals surface area contributed by atoms with Gasteiger partial charge in [0.1, 0.15) is 5.82 Å². The predicted molar refractivity (Wildman–Crippen MR) is 65.1 cm³/mol. The van der Waals surface area contributed by atoms with Gasteiger partial charge in [-0.05, 0) is 25.0 Å². The third-order valence-electron chi connectivity index (χ3n) is 2.91. The van der Waals surface area contributed by atoms with Gasteiger partial charge in [0.15, 0.2) is 0 Å². The Balaban J connectivity index is 2.01. The lowest BCUT2D eigenvalue weighted by Crippen LogP contribution is -2.46. The van der Waals surface area contributed by atoms with Gasteiger partial charge in [-0.2, -0.15) is 0 Å². The summed E-state index contributed by atoms with van der Waals surface area (Å²) in [5.41, 5.74) is 0.602. The molecule has 0 aliphatic heterocycles. The Labute approximate surface area is 100 Å². The van der Waals surface area contributed by atoms with E-state index in [9.17, 15) is 4.79 Å². The lowest BCUT2D eigenvalue weighted by molar-refractivity contribution is 0.0562. The molecular weight excluding hydrogens is 218 g/mol. The largest absolute Gasteiger partial charge is 0.393 e. The molecule has 2 N–H and O–H groups in total. The molecule has 2 rings (SSSR count). The fourth-order valence-electron chi connectivity index (χ4n) is 1.78. The van der Waals surface area contributed by atoms with E-state index in [-0.39, 0.29) is 18.1 Å². The Bertz CT molecular complexity index is 414. The second-order valence-corrected chi connectivity index (χ2v) is 4.59. The molecule has 1 aliphatic rings. The van der Waals surface area contributed by atoms with Crippen molar-refractivity contribution in [2.24, 2.45) is 0 Å². The number of aromatic nitrogens is 1. The van der Waals surface area contributed by atoms with Crippen LogP contribution in [0.2, 0.25) is 0 Å². The number of pyridine rings is 1. The lowest BCUT2D eigenvalue weighted by Gasteiger charge is -2.31. The van der Waals surface area contributed by atoms with Crippen LogP contribution in [0.25, 0.3) is 0 Å². The average Bonchev–Trinajstić information content (AvgIpc) is 2.27. The number of amides is 1. The van der Waals surface area contributed by atoms with Crippen LogP contribution in [-0.2, 0) is 0 Å². The molecular formula is C12H17N3O2. The highest BCUT2D eigenvalue weighted by atomic mass is 16.3. The molecule has 5 heteroatoms. The minimum absolute atomic E-state index is 0.104. The minimum atomic E-state index is -0.255. The van der Waals surface area contributed by atoms with E-state index < -0.39 is 0 Å². The molecule has 17 heavy (non-hydrogen) atoms. The van der Waals surface area contributed by atoms with Gasteiger partial charge in [0.25, 0.3) is 5.91 Å². The molecule has 1 aromatic heterocycles. The van der Waals surface area contributed by atoms with Crippen molar-refractivity contribution < 1.29 is 9.90 Å². The molecule has 0 bridgehead atoms. The minimum Gasteiger partial charge on any atom is -0.393 e. The Kier molecular flexibility index (Phi) is 3.28. The highest BCUT2D eigenvalue weighted by molar-refractivity contribution is 5.95. The standard InChI is InChI=1S/C12H17N3O2/c1-15(2)11-5-8(3-4-13-11)12(17)14-9-6-10(16)7-9/h3-5,9-10,16H,6-7H2,1-2H3,(H,14,17). The van der Waals surface area contributed by atoms with E-state index in [1.54, 1.807) is 18.3 Å². The fraction of sp³-hybridized carbons (Fsp3) is 0.500. The second-order valence-electron chi connectivity index (χ2n) is 4.59. The van der Waals surface area contributed by atoms with Crippen molar-refractivity contribution in [3.05, 3.63) is 23.9 Å². The number of nitrogens with one attached hydrogen (secondary N) is 1. The molecule has 0 unspecified atom stereocenters. The van der Waals surface area contributed by atoms with Crippen LogP contribution in [-0.4, -0.2) is 42.2 Å². The highest BCUT2D eigenvalue weighted by Crippen LogP contribution is 2.20. The summed E-state index contributed by atoms with van der Waals surface area (Å²) in [5, 5.41) is 12.0. The molecule has 1 heterocycles. The van der Waals surface area contributed by atoms with Crippen molar-refractivity contribution in [2.45, 2.75) is 25.0 Å². The van der Waals surface area contributed by atoms with Gasteiger partial charge in [-0.3, -0.25) is 4.79 Å². The second kappa shape index (κ2) is 4.71. The van der Waals surface area contributed by atoms with E-state index in [4.69, 9.17) is 5.11 Å². The molecule has 5 nitrogen and oxygen atoms in total. The van der Waals surface area contributed by atoms with E-state index >= 15 is 0 Å². The molecule has 0 radical (unpaired) electrons. The number of rotatable bonds is 3. The Hall–Kier alpha value is -1.62. The number of aliphatic hydroxyl groups is 1. The maximum absolute atomic E-state index is 11.9. The Morgan fingerprint density at radius 1 is 1.53 bits per heavy atom. The molecule has 1 aromatic rings. The molecule has 0 aromatic carbocycles.